The van der Waals surface area contributed by atoms with Crippen molar-refractivity contribution < 1.29 is 23.4 Å². The van der Waals surface area contributed by atoms with Gasteiger partial charge in [0, 0.05) is 32.0 Å². The van der Waals surface area contributed by atoms with Crippen molar-refractivity contribution in [3.63, 3.8) is 0 Å². The Kier molecular flexibility index (Phi) is 7.95. The highest BCUT2D eigenvalue weighted by Crippen LogP contribution is 2.27. The lowest BCUT2D eigenvalue weighted by molar-refractivity contribution is 0.103. The van der Waals surface area contributed by atoms with E-state index < -0.39 is 11.3 Å². The van der Waals surface area contributed by atoms with E-state index in [4.69, 9.17) is 14.2 Å². The quantitative estimate of drug-likeness (QED) is 0.346. The fourth-order valence-electron chi connectivity index (χ4n) is 3.22. The molecule has 1 aromatic heterocycles. The predicted molar refractivity (Wildman–Crippen MR) is 119 cm³/mol. The molecule has 7 nitrogen and oxygen atoms in total. The molecule has 0 saturated carbocycles. The van der Waals surface area contributed by atoms with Crippen LogP contribution in [0.2, 0.25) is 0 Å². The van der Waals surface area contributed by atoms with Crippen LogP contribution in [0.15, 0.2) is 59.5 Å². The van der Waals surface area contributed by atoms with Gasteiger partial charge >= 0.3 is 0 Å². The normalized spacial score (nSPS) is 10.5. The van der Waals surface area contributed by atoms with Crippen LogP contribution in [0.3, 0.4) is 0 Å². The number of nitriles is 1. The van der Waals surface area contributed by atoms with Crippen molar-refractivity contribution in [3.05, 3.63) is 93.2 Å². The number of rotatable bonds is 10. The number of hydrogen-bond donors (Lipinski definition) is 0. The van der Waals surface area contributed by atoms with Crippen molar-refractivity contribution in [2.75, 3.05) is 20.8 Å². The third-order valence-corrected chi connectivity index (χ3v) is 4.96. The summed E-state index contributed by atoms with van der Waals surface area (Å²) in [6.07, 6.45) is 1.98. The van der Waals surface area contributed by atoms with Crippen molar-refractivity contribution in [2.45, 2.75) is 19.6 Å². The summed E-state index contributed by atoms with van der Waals surface area (Å²) in [5.41, 5.74) is 0.508. The largest absolute Gasteiger partial charge is 0.497 e. The van der Waals surface area contributed by atoms with Crippen LogP contribution in [0.1, 0.15) is 33.5 Å². The van der Waals surface area contributed by atoms with Crippen LogP contribution in [0.25, 0.3) is 0 Å². The molecule has 0 N–H and O–H groups in total. The van der Waals surface area contributed by atoms with E-state index in [1.165, 1.54) is 42.1 Å². The van der Waals surface area contributed by atoms with Crippen LogP contribution < -0.4 is 15.0 Å². The van der Waals surface area contributed by atoms with E-state index in [0.717, 1.165) is 5.56 Å². The minimum absolute atomic E-state index is 0.118. The minimum atomic E-state index is -0.469. The first-order valence-electron chi connectivity index (χ1n) is 10.2. The van der Waals surface area contributed by atoms with E-state index >= 15 is 0 Å². The third-order valence-electron chi connectivity index (χ3n) is 4.96. The second kappa shape index (κ2) is 11.1. The SMILES string of the molecule is COCCCn1cc(C(=O)c2cc(OC)ccc2OCc2ccc(F)cc2)cc(C#N)c1=O. The Labute approximate surface area is 190 Å². The van der Waals surface area contributed by atoms with Crippen LogP contribution >= 0.6 is 0 Å². The molecule has 8 heteroatoms. The number of carbonyl (C=O) groups excluding carboxylic acids is 1. The number of benzene rings is 2. The second-order valence-corrected chi connectivity index (χ2v) is 7.21. The molecule has 2 aromatic carbocycles. The fraction of sp³-hybridized carbons (Fsp3) is 0.240. The molecule has 0 unspecified atom stereocenters. The highest BCUT2D eigenvalue weighted by atomic mass is 19.1. The maximum Gasteiger partial charge on any atom is 0.268 e. The van der Waals surface area contributed by atoms with E-state index in [9.17, 15) is 19.2 Å². The summed E-state index contributed by atoms with van der Waals surface area (Å²) >= 11 is 0. The van der Waals surface area contributed by atoms with Gasteiger partial charge in [0.2, 0.25) is 0 Å². The van der Waals surface area contributed by atoms with Crippen LogP contribution in [-0.2, 0) is 17.9 Å². The van der Waals surface area contributed by atoms with Gasteiger partial charge in [0.25, 0.3) is 5.56 Å². The topological polar surface area (TPSA) is 90.5 Å². The van der Waals surface area contributed by atoms with E-state index in [0.29, 0.717) is 31.1 Å². The van der Waals surface area contributed by atoms with Crippen LogP contribution in [0.4, 0.5) is 4.39 Å². The van der Waals surface area contributed by atoms with Crippen molar-refractivity contribution in [1.82, 2.24) is 4.57 Å². The number of aromatic nitrogens is 1. The Hall–Kier alpha value is -3.96. The Morgan fingerprint density at radius 1 is 1.12 bits per heavy atom. The molecule has 0 saturated heterocycles. The molecule has 0 aliphatic carbocycles. The van der Waals surface area contributed by atoms with Crippen LogP contribution in [0.5, 0.6) is 11.5 Å². The lowest BCUT2D eigenvalue weighted by Crippen LogP contribution is -2.24. The number of hydrogen-bond acceptors (Lipinski definition) is 6. The summed E-state index contributed by atoms with van der Waals surface area (Å²) in [5, 5.41) is 9.39. The smallest absolute Gasteiger partial charge is 0.268 e. The zero-order chi connectivity index (χ0) is 23.8. The van der Waals surface area contributed by atoms with Crippen LogP contribution in [-0.4, -0.2) is 31.2 Å². The number of aryl methyl sites for hydroxylation is 1. The summed E-state index contributed by atoms with van der Waals surface area (Å²) in [5.74, 6) is -0.0462. The number of halogens is 1. The van der Waals surface area contributed by atoms with Crippen molar-refractivity contribution in [1.29, 1.82) is 5.26 Å². The second-order valence-electron chi connectivity index (χ2n) is 7.21. The molecule has 1 heterocycles. The minimum Gasteiger partial charge on any atom is -0.497 e. The lowest BCUT2D eigenvalue weighted by Gasteiger charge is -2.14. The first kappa shape index (κ1) is 23.7. The summed E-state index contributed by atoms with van der Waals surface area (Å²) < 4.78 is 30.6. The van der Waals surface area contributed by atoms with Gasteiger partial charge < -0.3 is 18.8 Å². The molecule has 0 radical (unpaired) electrons. The Morgan fingerprint density at radius 3 is 2.55 bits per heavy atom. The molecule has 0 spiro atoms. The zero-order valence-corrected chi connectivity index (χ0v) is 18.3. The monoisotopic (exact) mass is 450 g/mol. The average Bonchev–Trinajstić information content (AvgIpc) is 2.84. The fourth-order valence-corrected chi connectivity index (χ4v) is 3.22. The molecule has 0 fully saturated rings. The number of methoxy groups -OCH3 is 2. The van der Waals surface area contributed by atoms with Gasteiger partial charge in [-0.05, 0) is 48.4 Å². The predicted octanol–water partition coefficient (Wildman–Crippen LogP) is 3.71. The van der Waals surface area contributed by atoms with E-state index in [1.807, 2.05) is 6.07 Å². The Bertz CT molecular complexity index is 1230. The highest BCUT2D eigenvalue weighted by molar-refractivity contribution is 6.11. The molecular formula is C25H23FN2O5. The summed E-state index contributed by atoms with van der Waals surface area (Å²) in [6.45, 7) is 0.852. The number of nitrogens with zero attached hydrogens (tertiary/aromatic N) is 2. The van der Waals surface area contributed by atoms with E-state index in [2.05, 4.69) is 0 Å². The van der Waals surface area contributed by atoms with Gasteiger partial charge in [-0.3, -0.25) is 9.59 Å². The first-order valence-corrected chi connectivity index (χ1v) is 10.2. The number of carbonyl (C=O) groups is 1. The molecule has 170 valence electrons. The molecule has 0 atom stereocenters. The standard InChI is InChI=1S/C25H23FN2O5/c1-31-11-3-10-28-15-19(12-18(14-27)25(28)30)24(29)22-13-21(32-2)8-9-23(22)33-16-17-4-6-20(26)7-5-17/h4-9,12-13,15H,3,10-11,16H2,1-2H3. The van der Waals surface area contributed by atoms with Gasteiger partial charge in [0.1, 0.15) is 35.6 Å². The molecule has 3 rings (SSSR count). The zero-order valence-electron chi connectivity index (χ0n) is 18.3. The molecular weight excluding hydrogens is 427 g/mol. The number of pyridine rings is 1. The lowest BCUT2D eigenvalue weighted by atomic mass is 10.0. The maximum atomic E-state index is 13.4. The molecule has 0 bridgehead atoms. The molecule has 0 aliphatic heterocycles. The van der Waals surface area contributed by atoms with Gasteiger partial charge in [0.15, 0.2) is 5.78 Å². The third kappa shape index (κ3) is 5.84. The van der Waals surface area contributed by atoms with Gasteiger partial charge in [-0.25, -0.2) is 4.39 Å². The average molecular weight is 450 g/mol. The highest BCUT2D eigenvalue weighted by Gasteiger charge is 2.19. The molecule has 33 heavy (non-hydrogen) atoms. The van der Waals surface area contributed by atoms with E-state index in [-0.39, 0.29) is 29.1 Å². The maximum absolute atomic E-state index is 13.4. The number of ketones is 1. The summed E-state index contributed by atoms with van der Waals surface area (Å²) in [7, 11) is 3.03. The first-order chi connectivity index (χ1) is 16.0. The van der Waals surface area contributed by atoms with Crippen molar-refractivity contribution >= 4 is 5.78 Å². The number of ether oxygens (including phenoxy) is 3. The van der Waals surface area contributed by atoms with Gasteiger partial charge in [-0.15, -0.1) is 0 Å². The Balaban J connectivity index is 1.96. The molecule has 0 aliphatic rings. The van der Waals surface area contributed by atoms with Gasteiger partial charge in [-0.2, -0.15) is 5.26 Å². The molecule has 0 amide bonds. The van der Waals surface area contributed by atoms with Crippen LogP contribution in [0, 0.1) is 17.1 Å². The van der Waals surface area contributed by atoms with Gasteiger partial charge in [0.05, 0.1) is 12.7 Å². The van der Waals surface area contributed by atoms with Gasteiger partial charge in [-0.1, -0.05) is 12.1 Å². The summed E-state index contributed by atoms with van der Waals surface area (Å²) in [6, 6.07) is 13.8. The molecule has 3 aromatic rings. The van der Waals surface area contributed by atoms with E-state index in [1.54, 1.807) is 31.4 Å². The Morgan fingerprint density at radius 2 is 1.88 bits per heavy atom. The van der Waals surface area contributed by atoms with Crippen molar-refractivity contribution in [2.24, 2.45) is 0 Å². The van der Waals surface area contributed by atoms with Crippen molar-refractivity contribution in [3.8, 4) is 17.6 Å². The summed E-state index contributed by atoms with van der Waals surface area (Å²) in [4.78, 5) is 25.9.